The molecule has 3 rings (SSSR count). The van der Waals surface area contributed by atoms with Gasteiger partial charge in [0.1, 0.15) is 0 Å². The number of carbonyl (C=O) groups excluding carboxylic acids is 2. The van der Waals surface area contributed by atoms with Gasteiger partial charge in [0.2, 0.25) is 5.91 Å². The van der Waals surface area contributed by atoms with Gasteiger partial charge in [0.05, 0.1) is 18.3 Å². The van der Waals surface area contributed by atoms with Crippen LogP contribution in [0.3, 0.4) is 0 Å². The number of piperidine rings is 1. The van der Waals surface area contributed by atoms with Gasteiger partial charge in [-0.25, -0.2) is 0 Å². The zero-order chi connectivity index (χ0) is 19.1. The number of hydrogen-bond donors (Lipinski definition) is 3. The highest BCUT2D eigenvalue weighted by molar-refractivity contribution is 6.02. The molecular weight excluding hydrogens is 382 g/mol. The van der Waals surface area contributed by atoms with Crippen LogP contribution >= 0.6 is 12.4 Å². The topological polar surface area (TPSA) is 92.6 Å². The molecule has 1 aliphatic rings. The zero-order valence-corrected chi connectivity index (χ0v) is 16.6. The lowest BCUT2D eigenvalue weighted by atomic mass is 9.78. The fourth-order valence-corrected chi connectivity index (χ4v) is 3.29. The van der Waals surface area contributed by atoms with Crippen molar-refractivity contribution in [2.75, 3.05) is 32.1 Å². The van der Waals surface area contributed by atoms with Crippen LogP contribution in [0.1, 0.15) is 29.0 Å². The fraction of sp³-hybridized carbons (Fsp3) is 0.400. The van der Waals surface area contributed by atoms with Gasteiger partial charge in [-0.05, 0) is 55.8 Å². The molecule has 2 amide bonds. The van der Waals surface area contributed by atoms with Gasteiger partial charge in [0, 0.05) is 19.3 Å². The Hall–Kier alpha value is -2.35. The number of rotatable bonds is 7. The SMILES string of the molecule is COCC1(C(=O)NCc2ccc(NC(=O)c3ccco3)cc2)CCNCC1.Cl. The van der Waals surface area contributed by atoms with E-state index in [4.69, 9.17) is 9.15 Å². The number of anilines is 1. The summed E-state index contributed by atoms with van der Waals surface area (Å²) in [5.74, 6) is -0.00808. The molecular formula is C20H26ClN3O4. The van der Waals surface area contributed by atoms with Crippen LogP contribution in [0.2, 0.25) is 0 Å². The van der Waals surface area contributed by atoms with Gasteiger partial charge in [-0.2, -0.15) is 0 Å². The van der Waals surface area contributed by atoms with Crippen molar-refractivity contribution in [3.05, 3.63) is 54.0 Å². The Morgan fingerprint density at radius 1 is 1.18 bits per heavy atom. The average molecular weight is 408 g/mol. The summed E-state index contributed by atoms with van der Waals surface area (Å²) in [6.45, 7) is 2.50. The Labute approximate surface area is 170 Å². The lowest BCUT2D eigenvalue weighted by Crippen LogP contribution is -2.49. The monoisotopic (exact) mass is 407 g/mol. The predicted molar refractivity (Wildman–Crippen MR) is 109 cm³/mol. The number of nitrogens with one attached hydrogen (secondary N) is 3. The van der Waals surface area contributed by atoms with Crippen LogP contribution in [0.25, 0.3) is 0 Å². The maximum atomic E-state index is 12.7. The van der Waals surface area contributed by atoms with Crippen LogP contribution in [0, 0.1) is 5.41 Å². The van der Waals surface area contributed by atoms with Crippen molar-refractivity contribution in [2.24, 2.45) is 5.41 Å². The number of hydrogen-bond acceptors (Lipinski definition) is 5. The average Bonchev–Trinajstić information content (AvgIpc) is 3.23. The van der Waals surface area contributed by atoms with Gasteiger partial charge in [0.15, 0.2) is 5.76 Å². The van der Waals surface area contributed by atoms with Crippen molar-refractivity contribution in [1.29, 1.82) is 0 Å². The van der Waals surface area contributed by atoms with Gasteiger partial charge in [-0.3, -0.25) is 9.59 Å². The summed E-state index contributed by atoms with van der Waals surface area (Å²) < 4.78 is 10.4. The Balaban J connectivity index is 0.00000280. The highest BCUT2D eigenvalue weighted by atomic mass is 35.5. The Bertz CT molecular complexity index is 751. The van der Waals surface area contributed by atoms with Crippen LogP contribution in [-0.4, -0.2) is 38.6 Å². The lowest BCUT2D eigenvalue weighted by molar-refractivity contribution is -0.136. The minimum Gasteiger partial charge on any atom is -0.459 e. The van der Waals surface area contributed by atoms with E-state index < -0.39 is 5.41 Å². The summed E-state index contributed by atoms with van der Waals surface area (Å²) in [7, 11) is 1.63. The number of carbonyl (C=O) groups is 2. The molecule has 0 aliphatic carbocycles. The van der Waals surface area contributed by atoms with E-state index >= 15 is 0 Å². The Morgan fingerprint density at radius 3 is 2.50 bits per heavy atom. The smallest absolute Gasteiger partial charge is 0.291 e. The quantitative estimate of drug-likeness (QED) is 0.656. The number of halogens is 1. The molecule has 3 N–H and O–H groups in total. The van der Waals surface area contributed by atoms with E-state index in [1.807, 2.05) is 12.1 Å². The van der Waals surface area contributed by atoms with Gasteiger partial charge in [-0.1, -0.05) is 12.1 Å². The van der Waals surface area contributed by atoms with E-state index in [9.17, 15) is 9.59 Å². The summed E-state index contributed by atoms with van der Waals surface area (Å²) in [4.78, 5) is 24.7. The van der Waals surface area contributed by atoms with Crippen LogP contribution in [0.4, 0.5) is 5.69 Å². The first-order chi connectivity index (χ1) is 13.1. The molecule has 28 heavy (non-hydrogen) atoms. The molecule has 152 valence electrons. The Kier molecular flexibility index (Phi) is 8.04. The van der Waals surface area contributed by atoms with Crippen molar-refractivity contribution in [2.45, 2.75) is 19.4 Å². The fourth-order valence-electron chi connectivity index (χ4n) is 3.29. The van der Waals surface area contributed by atoms with E-state index in [-0.39, 0.29) is 30.0 Å². The predicted octanol–water partition coefficient (Wildman–Crippen LogP) is 2.59. The molecule has 2 aromatic rings. The van der Waals surface area contributed by atoms with Crippen molar-refractivity contribution < 1.29 is 18.7 Å². The lowest BCUT2D eigenvalue weighted by Gasteiger charge is -2.35. The van der Waals surface area contributed by atoms with E-state index in [0.717, 1.165) is 31.5 Å². The molecule has 1 aliphatic heterocycles. The summed E-state index contributed by atoms with van der Waals surface area (Å²) in [5, 5.41) is 9.08. The summed E-state index contributed by atoms with van der Waals surface area (Å²) >= 11 is 0. The second-order valence-electron chi connectivity index (χ2n) is 6.77. The number of methoxy groups -OCH3 is 1. The number of ether oxygens (including phenoxy) is 1. The number of amides is 2. The minimum absolute atomic E-state index is 0. The van der Waals surface area contributed by atoms with Crippen molar-refractivity contribution in [3.8, 4) is 0 Å². The summed E-state index contributed by atoms with van der Waals surface area (Å²) in [6.07, 6.45) is 2.99. The molecule has 0 radical (unpaired) electrons. The zero-order valence-electron chi connectivity index (χ0n) is 15.8. The molecule has 1 fully saturated rings. The van der Waals surface area contributed by atoms with Crippen LogP contribution in [0.15, 0.2) is 47.1 Å². The number of furan rings is 1. The van der Waals surface area contributed by atoms with E-state index in [0.29, 0.717) is 18.8 Å². The normalized spacial score (nSPS) is 15.3. The summed E-state index contributed by atoms with van der Waals surface area (Å²) in [6, 6.07) is 10.6. The first-order valence-corrected chi connectivity index (χ1v) is 9.05. The highest BCUT2D eigenvalue weighted by Gasteiger charge is 2.39. The van der Waals surface area contributed by atoms with Gasteiger partial charge < -0.3 is 25.1 Å². The first-order valence-electron chi connectivity index (χ1n) is 9.05. The standard InChI is InChI=1S/C20H25N3O4.ClH/c1-26-14-20(8-10-21-11-9-20)19(25)22-13-15-4-6-16(7-5-15)23-18(24)17-3-2-12-27-17;/h2-7,12,21H,8-11,13-14H2,1H3,(H,22,25)(H,23,24);1H. The molecule has 0 unspecified atom stereocenters. The minimum atomic E-state index is -0.461. The maximum Gasteiger partial charge on any atom is 0.291 e. The van der Waals surface area contributed by atoms with Gasteiger partial charge in [-0.15, -0.1) is 12.4 Å². The third-order valence-corrected chi connectivity index (χ3v) is 4.87. The van der Waals surface area contributed by atoms with Gasteiger partial charge in [0.25, 0.3) is 5.91 Å². The maximum absolute atomic E-state index is 12.7. The Morgan fingerprint density at radius 2 is 1.89 bits per heavy atom. The molecule has 0 bridgehead atoms. The molecule has 7 nitrogen and oxygen atoms in total. The summed E-state index contributed by atoms with van der Waals surface area (Å²) in [5.41, 5.74) is 1.17. The number of benzene rings is 1. The van der Waals surface area contributed by atoms with Crippen molar-refractivity contribution in [3.63, 3.8) is 0 Å². The second kappa shape index (κ2) is 10.3. The molecule has 0 saturated carbocycles. The second-order valence-corrected chi connectivity index (χ2v) is 6.77. The molecule has 0 spiro atoms. The van der Waals surface area contributed by atoms with E-state index in [1.54, 1.807) is 31.4 Å². The molecule has 0 atom stereocenters. The van der Waals surface area contributed by atoms with Crippen LogP contribution in [0.5, 0.6) is 0 Å². The van der Waals surface area contributed by atoms with Crippen LogP contribution in [-0.2, 0) is 16.1 Å². The first kappa shape index (κ1) is 21.9. The van der Waals surface area contributed by atoms with E-state index in [1.165, 1.54) is 6.26 Å². The molecule has 8 heteroatoms. The van der Waals surface area contributed by atoms with Crippen LogP contribution < -0.4 is 16.0 Å². The van der Waals surface area contributed by atoms with Crippen molar-refractivity contribution in [1.82, 2.24) is 10.6 Å². The molecule has 2 heterocycles. The largest absolute Gasteiger partial charge is 0.459 e. The third kappa shape index (κ3) is 5.34. The molecule has 1 aromatic carbocycles. The van der Waals surface area contributed by atoms with Crippen molar-refractivity contribution >= 4 is 29.9 Å². The van der Waals surface area contributed by atoms with Gasteiger partial charge >= 0.3 is 0 Å². The highest BCUT2D eigenvalue weighted by Crippen LogP contribution is 2.29. The third-order valence-electron chi connectivity index (χ3n) is 4.87. The molecule has 1 saturated heterocycles. The van der Waals surface area contributed by atoms with E-state index in [2.05, 4.69) is 16.0 Å². The molecule has 1 aromatic heterocycles.